The van der Waals surface area contributed by atoms with Gasteiger partial charge in [-0.15, -0.1) is 0 Å². The van der Waals surface area contributed by atoms with E-state index in [1.165, 1.54) is 13.2 Å². The second-order valence-electron chi connectivity index (χ2n) is 4.75. The van der Waals surface area contributed by atoms with E-state index in [2.05, 4.69) is 15.0 Å². The van der Waals surface area contributed by atoms with Gasteiger partial charge in [-0.1, -0.05) is 6.04 Å². The van der Waals surface area contributed by atoms with E-state index in [1.807, 2.05) is 0 Å². The standard InChI is InChI=1S/C16H21N3O2/c1-19(2)6-5-12-9-17-15-4-3-11(8-14(12)15)7-13-10-21-16(20)18-13/h3-4,8-9,13,17H,5-7,10H2,1-2H3,(H,18,20)/t13-/m0/s1/i1D3,3D,4D,5D2,8D,10D2. The number of hydrogen-bond donors (Lipinski definition) is 2. The molecule has 0 bridgehead atoms. The number of likely N-dealkylation sites (N-methyl/N-ethyl adjacent to an activating group) is 1. The summed E-state index contributed by atoms with van der Waals surface area (Å²) in [7, 11) is 1.25. The fraction of sp³-hybridized carbons (Fsp3) is 0.438. The molecule has 1 aliphatic heterocycles. The quantitative estimate of drug-likeness (QED) is 0.886. The number of hydrogen-bond acceptors (Lipinski definition) is 3. The number of carbonyl (C=O) groups is 1. The molecule has 5 nitrogen and oxygen atoms in total. The number of H-pyrrole nitrogens is 1. The van der Waals surface area contributed by atoms with Crippen LogP contribution >= 0.6 is 0 Å². The number of benzene rings is 1. The molecule has 5 heteroatoms. The van der Waals surface area contributed by atoms with Gasteiger partial charge in [0.2, 0.25) is 0 Å². The Bertz CT molecular complexity index is 1030. The van der Waals surface area contributed by atoms with Crippen LogP contribution in [-0.2, 0) is 17.5 Å². The molecule has 112 valence electrons. The largest absolute Gasteiger partial charge is 0.447 e. The topological polar surface area (TPSA) is 57.4 Å². The third-order valence-corrected chi connectivity index (χ3v) is 3.00. The van der Waals surface area contributed by atoms with Gasteiger partial charge in [0.15, 0.2) is 0 Å². The first-order valence-electron chi connectivity index (χ1n) is 11.4. The van der Waals surface area contributed by atoms with Crippen LogP contribution in [0.25, 0.3) is 10.9 Å². The number of alkyl carbamates (subject to hydrolysis) is 1. The van der Waals surface area contributed by atoms with Gasteiger partial charge in [0.05, 0.1) is 12.9 Å². The summed E-state index contributed by atoms with van der Waals surface area (Å²) in [6, 6.07) is -2.18. The number of rotatable bonds is 5. The summed E-state index contributed by atoms with van der Waals surface area (Å²) in [6.07, 6.45) is -2.27. The Balaban J connectivity index is 2.10. The minimum atomic E-state index is -2.53. The molecule has 1 fully saturated rings. The molecule has 3 rings (SSSR count). The van der Waals surface area contributed by atoms with E-state index >= 15 is 0 Å². The van der Waals surface area contributed by atoms with Gasteiger partial charge in [-0.3, -0.25) is 0 Å². The minimum Gasteiger partial charge on any atom is -0.447 e. The first-order chi connectivity index (χ1) is 14.1. The summed E-state index contributed by atoms with van der Waals surface area (Å²) in [4.78, 5) is 15.0. The normalized spacial score (nSPS) is 28.9. The van der Waals surface area contributed by atoms with Crippen molar-refractivity contribution in [3.63, 3.8) is 0 Å². The van der Waals surface area contributed by atoms with Gasteiger partial charge in [-0.25, -0.2) is 4.79 Å². The summed E-state index contributed by atoms with van der Waals surface area (Å²) in [5.74, 6) is 0. The minimum absolute atomic E-state index is 0.00532. The smallest absolute Gasteiger partial charge is 0.407 e. The molecular weight excluding hydrogens is 266 g/mol. The lowest BCUT2D eigenvalue weighted by Crippen LogP contribution is -2.28. The zero-order valence-corrected chi connectivity index (χ0v) is 11.3. The molecule has 1 saturated heterocycles. The summed E-state index contributed by atoms with van der Waals surface area (Å²) < 4.78 is 84.3. The summed E-state index contributed by atoms with van der Waals surface area (Å²) in [5, 5.41) is 2.29. The van der Waals surface area contributed by atoms with Crippen molar-refractivity contribution in [1.29, 1.82) is 0 Å². The van der Waals surface area contributed by atoms with E-state index in [4.69, 9.17) is 13.7 Å². The number of cyclic esters (lactones) is 1. The van der Waals surface area contributed by atoms with Crippen molar-refractivity contribution in [2.24, 2.45) is 0 Å². The number of nitrogens with zero attached hydrogens (tertiary/aromatic N) is 1. The van der Waals surface area contributed by atoms with Gasteiger partial charge in [-0.2, -0.15) is 0 Å². The molecule has 1 aliphatic rings. The monoisotopic (exact) mass is 297 g/mol. The Labute approximate surface area is 138 Å². The zero-order chi connectivity index (χ0) is 23.5. The van der Waals surface area contributed by atoms with E-state index in [9.17, 15) is 4.79 Å². The molecule has 0 aliphatic carbocycles. The number of aromatic nitrogens is 1. The van der Waals surface area contributed by atoms with Crippen LogP contribution in [0.15, 0.2) is 24.3 Å². The van der Waals surface area contributed by atoms with E-state index in [-0.39, 0.29) is 46.6 Å². The average molecular weight is 297 g/mol. The first kappa shape index (κ1) is 6.40. The van der Waals surface area contributed by atoms with Crippen LogP contribution in [-0.4, -0.2) is 49.1 Å². The van der Waals surface area contributed by atoms with Gasteiger partial charge in [0, 0.05) is 30.5 Å². The van der Waals surface area contributed by atoms with E-state index < -0.39 is 38.6 Å². The Morgan fingerprint density at radius 3 is 3.33 bits per heavy atom. The van der Waals surface area contributed by atoms with Crippen LogP contribution in [0.4, 0.5) is 4.79 Å². The lowest BCUT2D eigenvalue weighted by molar-refractivity contribution is 0.177. The van der Waals surface area contributed by atoms with E-state index in [0.29, 0.717) is 0 Å². The first-order valence-corrected chi connectivity index (χ1v) is 6.37. The van der Waals surface area contributed by atoms with E-state index in [1.54, 1.807) is 0 Å². The van der Waals surface area contributed by atoms with Gasteiger partial charge in [0.1, 0.15) is 6.56 Å². The lowest BCUT2D eigenvalue weighted by atomic mass is 10.0. The van der Waals surface area contributed by atoms with Crippen molar-refractivity contribution in [2.75, 3.05) is 27.1 Å². The highest BCUT2D eigenvalue weighted by atomic mass is 16.6. The molecular formula is C16H21N3O2. The van der Waals surface area contributed by atoms with Crippen molar-refractivity contribution >= 4 is 17.0 Å². The predicted octanol–water partition coefficient (Wildman–Crippen LogP) is 1.92. The maximum atomic E-state index is 11.4. The van der Waals surface area contributed by atoms with Crippen LogP contribution < -0.4 is 5.32 Å². The number of amides is 1. The van der Waals surface area contributed by atoms with Crippen molar-refractivity contribution in [1.82, 2.24) is 15.2 Å². The number of fused-ring (bicyclic) bond motifs is 1. The third kappa shape index (κ3) is 3.19. The van der Waals surface area contributed by atoms with Crippen molar-refractivity contribution in [3.05, 3.63) is 35.5 Å². The predicted molar refractivity (Wildman–Crippen MR) is 82.5 cm³/mol. The highest BCUT2D eigenvalue weighted by molar-refractivity contribution is 5.84. The molecule has 21 heavy (non-hydrogen) atoms. The Kier molecular flexibility index (Phi) is 1.76. The summed E-state index contributed by atoms with van der Waals surface area (Å²) >= 11 is 0. The molecule has 1 aromatic carbocycles. The third-order valence-electron chi connectivity index (χ3n) is 3.00. The van der Waals surface area contributed by atoms with Gasteiger partial charge >= 0.3 is 6.09 Å². The fourth-order valence-corrected chi connectivity index (χ4v) is 2.04. The molecule has 0 saturated carbocycles. The number of nitrogens with one attached hydrogen (secondary N) is 2. The van der Waals surface area contributed by atoms with Crippen LogP contribution in [0.5, 0.6) is 0 Å². The second kappa shape index (κ2) is 5.77. The van der Waals surface area contributed by atoms with Crippen LogP contribution in [0.3, 0.4) is 0 Å². The lowest BCUT2D eigenvalue weighted by Gasteiger charge is -2.09. The molecule has 0 spiro atoms. The molecule has 1 atom stereocenters. The second-order valence-corrected chi connectivity index (χ2v) is 4.75. The molecule has 0 unspecified atom stereocenters. The molecule has 1 amide bonds. The summed E-state index contributed by atoms with van der Waals surface area (Å²) in [6.45, 7) is -5.43. The SMILES string of the molecule is [2H]c1c(C[C@@H]2NC(=O)OC2([2H])[2H])c([2H])c2c(C([2H])([2H])CN(C)C([2H])([2H])[2H])c[nH]c2c1[2H]. The van der Waals surface area contributed by atoms with Crippen molar-refractivity contribution in [3.8, 4) is 0 Å². The highest BCUT2D eigenvalue weighted by Gasteiger charge is 2.22. The van der Waals surface area contributed by atoms with Crippen LogP contribution in [0.2, 0.25) is 0 Å². The maximum absolute atomic E-state index is 11.4. The number of carbonyl (C=O) groups excluding carboxylic acids is 1. The Morgan fingerprint density at radius 1 is 1.67 bits per heavy atom. The summed E-state index contributed by atoms with van der Waals surface area (Å²) in [5.41, 5.74) is -0.0602. The maximum Gasteiger partial charge on any atom is 0.407 e. The molecule has 2 N–H and O–H groups in total. The molecule has 2 aromatic rings. The zero-order valence-electron chi connectivity index (χ0n) is 21.3. The van der Waals surface area contributed by atoms with Gasteiger partial charge < -0.3 is 19.9 Å². The highest BCUT2D eigenvalue weighted by Crippen LogP contribution is 2.21. The van der Waals surface area contributed by atoms with E-state index in [0.717, 1.165) is 4.90 Å². The number of ether oxygens (including phenoxy) is 1. The Morgan fingerprint density at radius 2 is 2.57 bits per heavy atom. The molecule has 1 aromatic heterocycles. The Hall–Kier alpha value is -2.01. The number of aromatic amines is 1. The van der Waals surface area contributed by atoms with Crippen LogP contribution in [0, 0.1) is 0 Å². The van der Waals surface area contributed by atoms with Gasteiger partial charge in [-0.05, 0) is 50.0 Å². The van der Waals surface area contributed by atoms with Crippen molar-refractivity contribution in [2.45, 2.75) is 18.8 Å². The van der Waals surface area contributed by atoms with Crippen LogP contribution in [0.1, 0.15) is 24.8 Å². The average Bonchev–Trinajstić information content (AvgIpc) is 3.16. The van der Waals surface area contributed by atoms with Gasteiger partial charge in [0.25, 0.3) is 0 Å². The molecule has 0 radical (unpaired) electrons. The van der Waals surface area contributed by atoms with Crippen molar-refractivity contribution < 1.29 is 23.2 Å². The fourth-order valence-electron chi connectivity index (χ4n) is 2.04. The molecule has 2 heterocycles.